The van der Waals surface area contributed by atoms with E-state index in [4.69, 9.17) is 4.84 Å². The molecule has 0 aliphatic heterocycles. The van der Waals surface area contributed by atoms with Gasteiger partial charge in [-0.1, -0.05) is 35.5 Å². The third kappa shape index (κ3) is 4.06. The molecule has 1 aromatic carbocycles. The van der Waals surface area contributed by atoms with Crippen LogP contribution < -0.4 is 0 Å². The highest BCUT2D eigenvalue weighted by molar-refractivity contribution is 6.26. The molecule has 1 aromatic rings. The average molecular weight is 177 g/mol. The molecule has 0 saturated heterocycles. The van der Waals surface area contributed by atoms with Crippen molar-refractivity contribution >= 4 is 12.0 Å². The van der Waals surface area contributed by atoms with Gasteiger partial charge in [-0.2, -0.15) is 0 Å². The number of hydrogen-bond donors (Lipinski definition) is 0. The van der Waals surface area contributed by atoms with Crippen LogP contribution in [0.2, 0.25) is 0 Å². The zero-order valence-corrected chi connectivity index (χ0v) is 7.43. The molecule has 3 nitrogen and oxygen atoms in total. The molecule has 0 aromatic heterocycles. The molecule has 68 valence electrons. The summed E-state index contributed by atoms with van der Waals surface area (Å²) >= 11 is 0. The molecule has 0 saturated carbocycles. The maximum Gasteiger partial charge on any atom is 0.174 e. The monoisotopic (exact) mass is 177 g/mol. The number of carbonyl (C=O) groups is 1. The minimum absolute atomic E-state index is 0.118. The van der Waals surface area contributed by atoms with Crippen molar-refractivity contribution < 1.29 is 9.63 Å². The highest BCUT2D eigenvalue weighted by atomic mass is 16.6. The summed E-state index contributed by atoms with van der Waals surface area (Å²) in [6.07, 6.45) is 1.16. The summed E-state index contributed by atoms with van der Waals surface area (Å²) in [5.74, 6) is -0.118. The van der Waals surface area contributed by atoms with Crippen LogP contribution in [-0.4, -0.2) is 12.0 Å². The number of carbonyl (C=O) groups excluding carboxylic acids is 1. The van der Waals surface area contributed by atoms with Crippen molar-refractivity contribution in [3.05, 3.63) is 35.9 Å². The van der Waals surface area contributed by atoms with Crippen LogP contribution >= 0.6 is 0 Å². The zero-order valence-electron chi connectivity index (χ0n) is 7.43. The van der Waals surface area contributed by atoms with Crippen LogP contribution in [0.5, 0.6) is 0 Å². The van der Waals surface area contributed by atoms with E-state index in [1.165, 1.54) is 6.92 Å². The Morgan fingerprint density at radius 1 is 1.46 bits per heavy atom. The van der Waals surface area contributed by atoms with E-state index in [1.807, 2.05) is 30.3 Å². The number of oxime groups is 1. The van der Waals surface area contributed by atoms with E-state index < -0.39 is 0 Å². The van der Waals surface area contributed by atoms with Gasteiger partial charge >= 0.3 is 0 Å². The second kappa shape index (κ2) is 5.09. The second-order valence-electron chi connectivity index (χ2n) is 2.60. The molecule has 0 atom stereocenters. The number of rotatable bonds is 4. The maximum atomic E-state index is 10.4. The van der Waals surface area contributed by atoms with Crippen LogP contribution in [0, 0.1) is 0 Å². The Bertz CT molecular complexity index is 293. The molecular weight excluding hydrogens is 166 g/mol. The van der Waals surface area contributed by atoms with Gasteiger partial charge in [-0.25, -0.2) is 0 Å². The molecule has 0 unspecified atom stereocenters. The predicted octanol–water partition coefficient (Wildman–Crippen LogP) is 1.78. The molecule has 0 aliphatic rings. The van der Waals surface area contributed by atoms with Crippen LogP contribution in [0.25, 0.3) is 0 Å². The molecule has 0 fully saturated rings. The van der Waals surface area contributed by atoms with Gasteiger partial charge in [-0.05, 0) is 5.56 Å². The quantitative estimate of drug-likeness (QED) is 0.519. The molecule has 13 heavy (non-hydrogen) atoms. The van der Waals surface area contributed by atoms with Crippen molar-refractivity contribution in [3.63, 3.8) is 0 Å². The second-order valence-corrected chi connectivity index (χ2v) is 2.60. The minimum atomic E-state index is -0.118. The average Bonchev–Trinajstić information content (AvgIpc) is 2.14. The summed E-state index contributed by atoms with van der Waals surface area (Å²) in [6.45, 7) is 1.82. The van der Waals surface area contributed by atoms with Crippen LogP contribution in [0.1, 0.15) is 12.5 Å². The number of Topliss-reactive ketones (excluding diaryl/α,β-unsaturated/α-hetero) is 1. The number of nitrogens with zero attached hydrogens (tertiary/aromatic N) is 1. The zero-order chi connectivity index (χ0) is 9.52. The molecule has 0 N–H and O–H groups in total. The van der Waals surface area contributed by atoms with Crippen molar-refractivity contribution in [2.24, 2.45) is 5.16 Å². The Labute approximate surface area is 77.0 Å². The van der Waals surface area contributed by atoms with Gasteiger partial charge in [-0.3, -0.25) is 4.79 Å². The fourth-order valence-electron chi connectivity index (χ4n) is 0.798. The van der Waals surface area contributed by atoms with E-state index in [-0.39, 0.29) is 5.78 Å². The summed E-state index contributed by atoms with van der Waals surface area (Å²) in [6, 6.07) is 9.65. The van der Waals surface area contributed by atoms with Gasteiger partial charge in [0, 0.05) is 6.92 Å². The van der Waals surface area contributed by atoms with Gasteiger partial charge in [0.05, 0.1) is 0 Å². The first kappa shape index (κ1) is 9.45. The van der Waals surface area contributed by atoms with E-state index >= 15 is 0 Å². The predicted molar refractivity (Wildman–Crippen MR) is 50.4 cm³/mol. The maximum absolute atomic E-state index is 10.4. The minimum Gasteiger partial charge on any atom is -0.391 e. The van der Waals surface area contributed by atoms with Crippen molar-refractivity contribution in [3.8, 4) is 0 Å². The summed E-state index contributed by atoms with van der Waals surface area (Å²) < 4.78 is 0. The van der Waals surface area contributed by atoms with Crippen LogP contribution in [0.4, 0.5) is 0 Å². The van der Waals surface area contributed by atoms with Crippen molar-refractivity contribution in [1.82, 2.24) is 0 Å². The largest absolute Gasteiger partial charge is 0.391 e. The first-order valence-corrected chi connectivity index (χ1v) is 3.99. The smallest absolute Gasteiger partial charge is 0.174 e. The van der Waals surface area contributed by atoms with Gasteiger partial charge in [0.15, 0.2) is 5.78 Å². The Balaban J connectivity index is 2.32. The van der Waals surface area contributed by atoms with Gasteiger partial charge in [-0.15, -0.1) is 0 Å². The standard InChI is InChI=1S/C10H11NO2/c1-9(12)7-11-13-8-10-5-3-2-4-6-10/h2-7H,8H2,1H3. The third-order valence-corrected chi connectivity index (χ3v) is 1.38. The van der Waals surface area contributed by atoms with Crippen molar-refractivity contribution in [1.29, 1.82) is 0 Å². The Morgan fingerprint density at radius 3 is 2.77 bits per heavy atom. The molecule has 1 rings (SSSR count). The lowest BCUT2D eigenvalue weighted by Gasteiger charge is -1.97. The van der Waals surface area contributed by atoms with E-state index in [0.717, 1.165) is 11.8 Å². The molecule has 0 heterocycles. The molecule has 0 aliphatic carbocycles. The van der Waals surface area contributed by atoms with Gasteiger partial charge < -0.3 is 4.84 Å². The fourth-order valence-corrected chi connectivity index (χ4v) is 0.798. The summed E-state index contributed by atoms with van der Waals surface area (Å²) in [5.41, 5.74) is 1.03. The van der Waals surface area contributed by atoms with Gasteiger partial charge in [0.1, 0.15) is 12.8 Å². The topological polar surface area (TPSA) is 38.7 Å². The molecule has 0 bridgehead atoms. The van der Waals surface area contributed by atoms with Gasteiger partial charge in [0.2, 0.25) is 0 Å². The Hall–Kier alpha value is -1.64. The highest BCUT2D eigenvalue weighted by Gasteiger charge is 1.89. The van der Waals surface area contributed by atoms with Crippen molar-refractivity contribution in [2.45, 2.75) is 13.5 Å². The van der Waals surface area contributed by atoms with E-state index in [0.29, 0.717) is 6.61 Å². The third-order valence-electron chi connectivity index (χ3n) is 1.38. The molecule has 3 heteroatoms. The normalized spacial score (nSPS) is 10.2. The van der Waals surface area contributed by atoms with Crippen molar-refractivity contribution in [2.75, 3.05) is 0 Å². The number of benzene rings is 1. The van der Waals surface area contributed by atoms with Crippen LogP contribution in [0.3, 0.4) is 0 Å². The van der Waals surface area contributed by atoms with E-state index in [9.17, 15) is 4.79 Å². The number of ketones is 1. The van der Waals surface area contributed by atoms with E-state index in [1.54, 1.807) is 0 Å². The fraction of sp³-hybridized carbons (Fsp3) is 0.200. The van der Waals surface area contributed by atoms with Crippen LogP contribution in [0.15, 0.2) is 35.5 Å². The lowest BCUT2D eigenvalue weighted by molar-refractivity contribution is -0.110. The molecular formula is C10H11NO2. The molecule has 0 radical (unpaired) electrons. The lowest BCUT2D eigenvalue weighted by Crippen LogP contribution is -1.92. The summed E-state index contributed by atoms with van der Waals surface area (Å²) in [4.78, 5) is 15.3. The summed E-state index contributed by atoms with van der Waals surface area (Å²) in [7, 11) is 0. The van der Waals surface area contributed by atoms with E-state index in [2.05, 4.69) is 5.16 Å². The number of hydrogen-bond acceptors (Lipinski definition) is 3. The highest BCUT2D eigenvalue weighted by Crippen LogP contribution is 1.99. The van der Waals surface area contributed by atoms with Crippen LogP contribution in [-0.2, 0) is 16.2 Å². The Kier molecular flexibility index (Phi) is 3.70. The Morgan fingerprint density at radius 2 is 2.15 bits per heavy atom. The SMILES string of the molecule is CC(=O)C=NOCc1ccccc1. The van der Waals surface area contributed by atoms with Gasteiger partial charge in [0.25, 0.3) is 0 Å². The first-order chi connectivity index (χ1) is 6.29. The molecule has 0 spiro atoms. The molecule has 0 amide bonds. The lowest BCUT2D eigenvalue weighted by atomic mass is 10.2. The summed E-state index contributed by atoms with van der Waals surface area (Å²) in [5, 5.41) is 3.49. The first-order valence-electron chi connectivity index (χ1n) is 3.99.